The molecule has 0 saturated heterocycles. The first-order chi connectivity index (χ1) is 8.62. The number of nitrogens with one attached hydrogen (secondary N) is 1. The molecule has 0 bridgehead atoms. The molecule has 0 aliphatic rings. The molecule has 1 N–H and O–H groups in total. The summed E-state index contributed by atoms with van der Waals surface area (Å²) in [6, 6.07) is 2.50. The maximum absolute atomic E-state index is 4.67. The molecule has 0 saturated carbocycles. The molecule has 0 amide bonds. The molecule has 1 heterocycles. The average molecular weight is 250 g/mol. The van der Waals surface area contributed by atoms with Gasteiger partial charge in [0.05, 0.1) is 0 Å². The lowest BCUT2D eigenvalue weighted by Gasteiger charge is -2.27. The molecule has 1 aromatic rings. The van der Waals surface area contributed by atoms with Crippen molar-refractivity contribution in [2.45, 2.75) is 53.5 Å². The summed E-state index contributed by atoms with van der Waals surface area (Å²) in [5.41, 5.74) is 0. The van der Waals surface area contributed by atoms with Crippen LogP contribution in [0.2, 0.25) is 0 Å². The largest absolute Gasteiger partial charge is 0.370 e. The molecule has 0 aliphatic carbocycles. The lowest BCUT2D eigenvalue weighted by atomic mass is 10.3. The summed E-state index contributed by atoms with van der Waals surface area (Å²) < 4.78 is 0. The van der Waals surface area contributed by atoms with E-state index in [4.69, 9.17) is 0 Å². The smallest absolute Gasteiger partial charge is 0.134 e. The van der Waals surface area contributed by atoms with Gasteiger partial charge in [-0.15, -0.1) is 0 Å². The number of nitrogens with zero attached hydrogens (tertiary/aromatic N) is 3. The van der Waals surface area contributed by atoms with Gasteiger partial charge in [-0.1, -0.05) is 6.92 Å². The van der Waals surface area contributed by atoms with Crippen LogP contribution in [0, 0.1) is 0 Å². The zero-order chi connectivity index (χ0) is 13.5. The van der Waals surface area contributed by atoms with Gasteiger partial charge < -0.3 is 10.2 Å². The second kappa shape index (κ2) is 7.19. The van der Waals surface area contributed by atoms with E-state index in [9.17, 15) is 0 Å². The quantitative estimate of drug-likeness (QED) is 0.807. The van der Waals surface area contributed by atoms with Crippen molar-refractivity contribution >= 4 is 11.6 Å². The van der Waals surface area contributed by atoms with Crippen LogP contribution in [0.4, 0.5) is 11.6 Å². The standard InChI is InChI=1S/C14H26N4/c1-6-9-12-16-13(15-7-2)10-14(17-12)18(8-3)11(4)5/h10-11H,6-9H2,1-5H3,(H,15,16,17). The third-order valence-electron chi connectivity index (χ3n) is 2.85. The van der Waals surface area contributed by atoms with Crippen LogP contribution in [0.3, 0.4) is 0 Å². The molecule has 0 atom stereocenters. The summed E-state index contributed by atoms with van der Waals surface area (Å²) in [4.78, 5) is 11.5. The topological polar surface area (TPSA) is 41.1 Å². The van der Waals surface area contributed by atoms with Gasteiger partial charge in [-0.3, -0.25) is 0 Å². The Bertz CT molecular complexity index is 339. The highest BCUT2D eigenvalue weighted by molar-refractivity contribution is 5.49. The van der Waals surface area contributed by atoms with Crippen LogP contribution in [-0.2, 0) is 6.42 Å². The van der Waals surface area contributed by atoms with Crippen molar-refractivity contribution in [1.29, 1.82) is 0 Å². The zero-order valence-electron chi connectivity index (χ0n) is 12.3. The van der Waals surface area contributed by atoms with Crippen molar-refractivity contribution in [3.05, 3.63) is 11.9 Å². The predicted molar refractivity (Wildman–Crippen MR) is 78.3 cm³/mol. The first-order valence-corrected chi connectivity index (χ1v) is 7.00. The third kappa shape index (κ3) is 3.86. The number of hydrogen-bond donors (Lipinski definition) is 1. The van der Waals surface area contributed by atoms with E-state index in [1.54, 1.807) is 0 Å². The molecule has 0 unspecified atom stereocenters. The van der Waals surface area contributed by atoms with Crippen LogP contribution < -0.4 is 10.2 Å². The molecular weight excluding hydrogens is 224 g/mol. The summed E-state index contributed by atoms with van der Waals surface area (Å²) in [6.07, 6.45) is 2.00. The van der Waals surface area contributed by atoms with Crippen molar-refractivity contribution in [3.8, 4) is 0 Å². The molecular formula is C14H26N4. The molecule has 18 heavy (non-hydrogen) atoms. The fraction of sp³-hybridized carbons (Fsp3) is 0.714. The number of hydrogen-bond acceptors (Lipinski definition) is 4. The molecule has 0 fully saturated rings. The molecule has 0 aliphatic heterocycles. The Kier molecular flexibility index (Phi) is 5.89. The van der Waals surface area contributed by atoms with Crippen LogP contribution in [0.5, 0.6) is 0 Å². The second-order valence-electron chi connectivity index (χ2n) is 4.69. The van der Waals surface area contributed by atoms with Gasteiger partial charge in [0.15, 0.2) is 0 Å². The van der Waals surface area contributed by atoms with E-state index in [1.807, 2.05) is 6.07 Å². The second-order valence-corrected chi connectivity index (χ2v) is 4.69. The fourth-order valence-electron chi connectivity index (χ4n) is 2.03. The Labute approximate surface area is 111 Å². The highest BCUT2D eigenvalue weighted by Gasteiger charge is 2.12. The number of aromatic nitrogens is 2. The summed E-state index contributed by atoms with van der Waals surface area (Å²) in [5, 5.41) is 3.29. The highest BCUT2D eigenvalue weighted by Crippen LogP contribution is 2.18. The Hall–Kier alpha value is -1.32. The van der Waals surface area contributed by atoms with Crippen LogP contribution >= 0.6 is 0 Å². The molecule has 0 radical (unpaired) electrons. The molecule has 102 valence electrons. The summed E-state index contributed by atoms with van der Waals surface area (Å²) in [5.74, 6) is 2.90. The van der Waals surface area contributed by atoms with Gasteiger partial charge >= 0.3 is 0 Å². The first-order valence-electron chi connectivity index (χ1n) is 7.00. The minimum atomic E-state index is 0.453. The first kappa shape index (κ1) is 14.7. The minimum absolute atomic E-state index is 0.453. The van der Waals surface area contributed by atoms with Gasteiger partial charge in [-0.05, 0) is 34.1 Å². The summed E-state index contributed by atoms with van der Waals surface area (Å²) in [6.45, 7) is 12.6. The SMILES string of the molecule is CCCc1nc(NCC)cc(N(CC)C(C)C)n1. The van der Waals surface area contributed by atoms with E-state index in [0.717, 1.165) is 43.4 Å². The predicted octanol–water partition coefficient (Wildman–Crippen LogP) is 3.10. The molecule has 1 aromatic heterocycles. The van der Waals surface area contributed by atoms with E-state index < -0.39 is 0 Å². The van der Waals surface area contributed by atoms with Gasteiger partial charge in [0.1, 0.15) is 17.5 Å². The van der Waals surface area contributed by atoms with E-state index in [0.29, 0.717) is 6.04 Å². The van der Waals surface area contributed by atoms with E-state index >= 15 is 0 Å². The van der Waals surface area contributed by atoms with E-state index in [2.05, 4.69) is 54.8 Å². The van der Waals surface area contributed by atoms with Crippen LogP contribution in [0.15, 0.2) is 6.07 Å². The molecule has 4 heteroatoms. The van der Waals surface area contributed by atoms with Crippen molar-refractivity contribution in [1.82, 2.24) is 9.97 Å². The van der Waals surface area contributed by atoms with Gasteiger partial charge in [0.25, 0.3) is 0 Å². The monoisotopic (exact) mass is 250 g/mol. The Balaban J connectivity index is 3.08. The summed E-state index contributed by atoms with van der Waals surface area (Å²) >= 11 is 0. The van der Waals surface area contributed by atoms with Crippen molar-refractivity contribution in [2.75, 3.05) is 23.3 Å². The fourth-order valence-corrected chi connectivity index (χ4v) is 2.03. The van der Waals surface area contributed by atoms with Gasteiger partial charge in [-0.2, -0.15) is 0 Å². The van der Waals surface area contributed by atoms with Gasteiger partial charge in [0, 0.05) is 31.6 Å². The molecule has 1 rings (SSSR count). The third-order valence-corrected chi connectivity index (χ3v) is 2.85. The van der Waals surface area contributed by atoms with Crippen molar-refractivity contribution in [2.24, 2.45) is 0 Å². The van der Waals surface area contributed by atoms with Gasteiger partial charge in [0.2, 0.25) is 0 Å². The molecule has 0 aromatic carbocycles. The lowest BCUT2D eigenvalue weighted by molar-refractivity contribution is 0.686. The normalized spacial score (nSPS) is 10.8. The molecule has 0 spiro atoms. The maximum Gasteiger partial charge on any atom is 0.134 e. The zero-order valence-corrected chi connectivity index (χ0v) is 12.3. The van der Waals surface area contributed by atoms with Crippen LogP contribution in [0.1, 0.15) is 46.9 Å². The van der Waals surface area contributed by atoms with E-state index in [1.165, 1.54) is 0 Å². The Morgan fingerprint density at radius 1 is 1.22 bits per heavy atom. The van der Waals surface area contributed by atoms with Crippen molar-refractivity contribution < 1.29 is 0 Å². The average Bonchev–Trinajstić information content (AvgIpc) is 2.30. The van der Waals surface area contributed by atoms with Gasteiger partial charge in [-0.25, -0.2) is 9.97 Å². The number of anilines is 2. The lowest BCUT2D eigenvalue weighted by Crippen LogP contribution is -2.31. The highest BCUT2D eigenvalue weighted by atomic mass is 15.2. The number of rotatable bonds is 7. The summed E-state index contributed by atoms with van der Waals surface area (Å²) in [7, 11) is 0. The number of aryl methyl sites for hydroxylation is 1. The Morgan fingerprint density at radius 2 is 1.94 bits per heavy atom. The van der Waals surface area contributed by atoms with Crippen LogP contribution in [0.25, 0.3) is 0 Å². The molecule has 4 nitrogen and oxygen atoms in total. The maximum atomic E-state index is 4.67. The van der Waals surface area contributed by atoms with Crippen molar-refractivity contribution in [3.63, 3.8) is 0 Å². The Morgan fingerprint density at radius 3 is 2.44 bits per heavy atom. The van der Waals surface area contributed by atoms with E-state index in [-0.39, 0.29) is 0 Å². The van der Waals surface area contributed by atoms with Crippen LogP contribution in [-0.4, -0.2) is 29.1 Å². The minimum Gasteiger partial charge on any atom is -0.370 e.